The van der Waals surface area contributed by atoms with Crippen LogP contribution >= 0.6 is 0 Å². The van der Waals surface area contributed by atoms with Crippen LogP contribution in [0, 0.1) is 0 Å². The van der Waals surface area contributed by atoms with E-state index in [1.54, 1.807) is 0 Å². The molecule has 0 fully saturated rings. The first-order chi connectivity index (χ1) is 5.04. The van der Waals surface area contributed by atoms with Crippen molar-refractivity contribution in [2.45, 2.75) is 33.7 Å². The van der Waals surface area contributed by atoms with E-state index in [4.69, 9.17) is 0 Å². The first kappa shape index (κ1) is 8.38. The highest BCUT2D eigenvalue weighted by atomic mass is 15.1. The second-order valence-electron chi connectivity index (χ2n) is 3.44. The minimum absolute atomic E-state index is 0.568. The van der Waals surface area contributed by atoms with Crippen molar-refractivity contribution in [3.63, 3.8) is 0 Å². The average molecular weight is 151 g/mol. The number of likely N-dealkylation sites (N-methyl/N-ethyl adjacent to an activating group) is 1. The van der Waals surface area contributed by atoms with Gasteiger partial charge in [0.25, 0.3) is 0 Å². The van der Waals surface area contributed by atoms with Crippen LogP contribution in [0.2, 0.25) is 0 Å². The lowest BCUT2D eigenvalue weighted by Gasteiger charge is -2.33. The highest BCUT2D eigenvalue weighted by Crippen LogP contribution is 2.23. The van der Waals surface area contributed by atoms with Crippen molar-refractivity contribution in [2.24, 2.45) is 0 Å². The number of rotatable bonds is 0. The van der Waals surface area contributed by atoms with Crippen LogP contribution in [-0.2, 0) is 0 Å². The molecular weight excluding hydrogens is 134 g/mol. The molecule has 0 saturated heterocycles. The van der Waals surface area contributed by atoms with Gasteiger partial charge in [-0.25, -0.2) is 0 Å². The van der Waals surface area contributed by atoms with Crippen LogP contribution in [0.25, 0.3) is 0 Å². The molecule has 0 aromatic carbocycles. The summed E-state index contributed by atoms with van der Waals surface area (Å²) in [5, 5.41) is 0. The highest BCUT2D eigenvalue weighted by molar-refractivity contribution is 5.32. The molecule has 1 aliphatic heterocycles. The Morgan fingerprint density at radius 1 is 1.27 bits per heavy atom. The summed E-state index contributed by atoms with van der Waals surface area (Å²) >= 11 is 0. The molecule has 0 amide bonds. The summed E-state index contributed by atoms with van der Waals surface area (Å²) in [5.74, 6) is 0. The molecule has 1 aliphatic rings. The first-order valence-corrected chi connectivity index (χ1v) is 4.12. The SMILES string of the molecule is CC1=CC(C)=C(C)N(C)C1C. The topological polar surface area (TPSA) is 3.24 Å². The second-order valence-corrected chi connectivity index (χ2v) is 3.44. The molecule has 1 nitrogen and oxygen atoms in total. The zero-order valence-corrected chi connectivity index (χ0v) is 8.10. The van der Waals surface area contributed by atoms with Gasteiger partial charge in [0.05, 0.1) is 0 Å². The van der Waals surface area contributed by atoms with E-state index in [1.807, 2.05) is 0 Å². The van der Waals surface area contributed by atoms with Crippen LogP contribution in [0.15, 0.2) is 22.9 Å². The van der Waals surface area contributed by atoms with Gasteiger partial charge in [-0.05, 0) is 33.3 Å². The van der Waals surface area contributed by atoms with Crippen molar-refractivity contribution in [3.05, 3.63) is 22.9 Å². The van der Waals surface area contributed by atoms with Gasteiger partial charge in [0, 0.05) is 18.8 Å². The molecule has 0 N–H and O–H groups in total. The molecule has 0 spiro atoms. The van der Waals surface area contributed by atoms with Crippen LogP contribution in [0.4, 0.5) is 0 Å². The number of allylic oxidation sites excluding steroid dienone is 3. The Morgan fingerprint density at radius 3 is 2.36 bits per heavy atom. The molecule has 1 rings (SSSR count). The van der Waals surface area contributed by atoms with E-state index >= 15 is 0 Å². The van der Waals surface area contributed by atoms with E-state index in [9.17, 15) is 0 Å². The first-order valence-electron chi connectivity index (χ1n) is 4.12. The molecule has 0 aliphatic carbocycles. The molecule has 62 valence electrons. The fourth-order valence-corrected chi connectivity index (χ4v) is 1.44. The Labute approximate surface area is 69.4 Å². The van der Waals surface area contributed by atoms with Crippen LogP contribution in [0.1, 0.15) is 27.7 Å². The van der Waals surface area contributed by atoms with Crippen molar-refractivity contribution in [1.29, 1.82) is 0 Å². The van der Waals surface area contributed by atoms with E-state index in [0.717, 1.165) is 0 Å². The number of hydrogen-bond donors (Lipinski definition) is 0. The van der Waals surface area contributed by atoms with Crippen molar-refractivity contribution in [2.75, 3.05) is 7.05 Å². The third-order valence-corrected chi connectivity index (χ3v) is 2.78. The van der Waals surface area contributed by atoms with Crippen molar-refractivity contribution >= 4 is 0 Å². The van der Waals surface area contributed by atoms with Crippen molar-refractivity contribution in [1.82, 2.24) is 4.90 Å². The quantitative estimate of drug-likeness (QED) is 0.514. The Morgan fingerprint density at radius 2 is 1.82 bits per heavy atom. The predicted molar refractivity (Wildman–Crippen MR) is 49.4 cm³/mol. The van der Waals surface area contributed by atoms with Gasteiger partial charge in [0.15, 0.2) is 0 Å². The molecule has 0 aromatic rings. The largest absolute Gasteiger partial charge is 0.371 e. The summed E-state index contributed by atoms with van der Waals surface area (Å²) in [7, 11) is 2.15. The molecule has 11 heavy (non-hydrogen) atoms. The Kier molecular flexibility index (Phi) is 2.08. The van der Waals surface area contributed by atoms with Gasteiger partial charge in [-0.2, -0.15) is 0 Å². The molecule has 0 radical (unpaired) electrons. The Hall–Kier alpha value is -0.720. The van der Waals surface area contributed by atoms with E-state index in [-0.39, 0.29) is 0 Å². The lowest BCUT2D eigenvalue weighted by atomic mass is 10.00. The molecule has 1 unspecified atom stereocenters. The molecule has 1 heterocycles. The minimum atomic E-state index is 0.568. The van der Waals surface area contributed by atoms with Crippen molar-refractivity contribution < 1.29 is 0 Å². The van der Waals surface area contributed by atoms with Crippen molar-refractivity contribution in [3.8, 4) is 0 Å². The molecule has 0 bridgehead atoms. The van der Waals surface area contributed by atoms with Crippen LogP contribution in [0.3, 0.4) is 0 Å². The van der Waals surface area contributed by atoms with Crippen LogP contribution in [-0.4, -0.2) is 18.0 Å². The number of hydrogen-bond acceptors (Lipinski definition) is 1. The van der Waals surface area contributed by atoms with Gasteiger partial charge in [0.1, 0.15) is 0 Å². The van der Waals surface area contributed by atoms with Gasteiger partial charge in [-0.1, -0.05) is 11.6 Å². The molecule has 1 atom stereocenters. The summed E-state index contributed by atoms with van der Waals surface area (Å²) in [6, 6.07) is 0.568. The summed E-state index contributed by atoms with van der Waals surface area (Å²) in [6.45, 7) is 8.77. The molecule has 0 saturated carbocycles. The maximum absolute atomic E-state index is 2.32. The average Bonchev–Trinajstić information content (AvgIpc) is 1.97. The van der Waals surface area contributed by atoms with E-state index in [2.05, 4.69) is 45.7 Å². The van der Waals surface area contributed by atoms with Crippen LogP contribution in [0.5, 0.6) is 0 Å². The molecule has 0 aromatic heterocycles. The standard InChI is InChI=1S/C10H17N/c1-7-6-8(2)10(4)11(5)9(7)3/h6,9H,1-5H3. The van der Waals surface area contributed by atoms with Crippen LogP contribution < -0.4 is 0 Å². The maximum Gasteiger partial charge on any atom is 0.0468 e. The van der Waals surface area contributed by atoms with E-state index in [1.165, 1.54) is 16.8 Å². The van der Waals surface area contributed by atoms with E-state index < -0.39 is 0 Å². The Balaban J connectivity index is 3.01. The predicted octanol–water partition coefficient (Wildman–Crippen LogP) is 2.56. The summed E-state index contributed by atoms with van der Waals surface area (Å²) in [6.07, 6.45) is 2.28. The summed E-state index contributed by atoms with van der Waals surface area (Å²) in [5.41, 5.74) is 4.24. The van der Waals surface area contributed by atoms with E-state index in [0.29, 0.717) is 6.04 Å². The normalized spacial score (nSPS) is 25.7. The second kappa shape index (κ2) is 2.72. The zero-order chi connectivity index (χ0) is 8.59. The lowest BCUT2D eigenvalue weighted by Crippen LogP contribution is -2.31. The van der Waals surface area contributed by atoms with Gasteiger partial charge in [-0.15, -0.1) is 0 Å². The maximum atomic E-state index is 2.32. The van der Waals surface area contributed by atoms with Gasteiger partial charge < -0.3 is 4.90 Å². The Bertz CT molecular complexity index is 223. The monoisotopic (exact) mass is 151 g/mol. The van der Waals surface area contributed by atoms with Gasteiger partial charge in [-0.3, -0.25) is 0 Å². The number of nitrogens with zero attached hydrogens (tertiary/aromatic N) is 1. The highest BCUT2D eigenvalue weighted by Gasteiger charge is 2.16. The third-order valence-electron chi connectivity index (χ3n) is 2.78. The lowest BCUT2D eigenvalue weighted by molar-refractivity contribution is 0.350. The molecular formula is C10H17N. The summed E-state index contributed by atoms with van der Waals surface area (Å²) in [4.78, 5) is 2.32. The van der Waals surface area contributed by atoms with Gasteiger partial charge in [0.2, 0.25) is 0 Å². The fraction of sp³-hybridized carbons (Fsp3) is 0.600. The zero-order valence-electron chi connectivity index (χ0n) is 8.10. The fourth-order valence-electron chi connectivity index (χ4n) is 1.44. The minimum Gasteiger partial charge on any atom is -0.371 e. The summed E-state index contributed by atoms with van der Waals surface area (Å²) < 4.78 is 0. The van der Waals surface area contributed by atoms with Gasteiger partial charge >= 0.3 is 0 Å². The smallest absolute Gasteiger partial charge is 0.0468 e. The third kappa shape index (κ3) is 1.32. The molecule has 1 heteroatoms.